The summed E-state index contributed by atoms with van der Waals surface area (Å²) in [5, 5.41) is 18.0. The molecule has 0 unspecified atom stereocenters. The molecule has 6 rings (SSSR count). The molecule has 0 radical (unpaired) electrons. The number of aromatic carboxylic acids is 1. The molecule has 2 aromatic carbocycles. The van der Waals surface area contributed by atoms with Crippen LogP contribution >= 0.6 is 11.3 Å². The molecule has 2 aromatic heterocycles. The van der Waals surface area contributed by atoms with Crippen LogP contribution in [0.3, 0.4) is 0 Å². The summed E-state index contributed by atoms with van der Waals surface area (Å²) < 4.78 is 6.09. The first-order valence-corrected chi connectivity index (χ1v) is 14.8. The third-order valence-corrected chi connectivity index (χ3v) is 8.82. The molecule has 1 saturated carbocycles. The van der Waals surface area contributed by atoms with Crippen molar-refractivity contribution in [3.05, 3.63) is 88.1 Å². The van der Waals surface area contributed by atoms with Gasteiger partial charge in [-0.3, -0.25) is 9.59 Å². The van der Waals surface area contributed by atoms with Gasteiger partial charge in [0.1, 0.15) is 11.4 Å². The van der Waals surface area contributed by atoms with E-state index in [4.69, 9.17) is 10.5 Å². The van der Waals surface area contributed by atoms with Gasteiger partial charge in [-0.25, -0.2) is 9.78 Å². The molecule has 1 aliphatic heterocycles. The summed E-state index contributed by atoms with van der Waals surface area (Å²) in [7, 11) is 0. The number of carbonyl (C=O) groups is 3. The van der Waals surface area contributed by atoms with Crippen molar-refractivity contribution in [2.75, 3.05) is 18.5 Å². The van der Waals surface area contributed by atoms with Crippen molar-refractivity contribution >= 4 is 34.8 Å². The topological polar surface area (TPSA) is 144 Å². The predicted molar refractivity (Wildman–Crippen MR) is 161 cm³/mol. The summed E-state index contributed by atoms with van der Waals surface area (Å²) >= 11 is 1.56. The Kier molecular flexibility index (Phi) is 7.73. The normalized spacial score (nSPS) is 14.0. The lowest BCUT2D eigenvalue weighted by Crippen LogP contribution is -2.32. The van der Waals surface area contributed by atoms with Crippen molar-refractivity contribution in [1.29, 1.82) is 0 Å². The number of carboxylic acids is 1. The van der Waals surface area contributed by atoms with Crippen molar-refractivity contribution in [3.8, 4) is 27.3 Å². The van der Waals surface area contributed by atoms with Gasteiger partial charge in [-0.15, -0.1) is 11.3 Å². The van der Waals surface area contributed by atoms with Crippen LogP contribution < -0.4 is 21.1 Å². The number of carboxylic acid groups (broad SMARTS) is 1. The highest BCUT2D eigenvalue weighted by molar-refractivity contribution is 7.13. The zero-order chi connectivity index (χ0) is 29.2. The summed E-state index contributed by atoms with van der Waals surface area (Å²) in [6.07, 6.45) is 4.01. The van der Waals surface area contributed by atoms with Gasteiger partial charge in [-0.2, -0.15) is 0 Å². The van der Waals surface area contributed by atoms with E-state index in [1.165, 1.54) is 12.1 Å². The first kappa shape index (κ1) is 27.6. The van der Waals surface area contributed by atoms with Gasteiger partial charge < -0.3 is 26.2 Å². The maximum absolute atomic E-state index is 13.8. The number of nitrogens with zero attached hydrogens (tertiary/aromatic N) is 1. The van der Waals surface area contributed by atoms with Gasteiger partial charge in [0.15, 0.2) is 5.69 Å². The van der Waals surface area contributed by atoms with Crippen molar-refractivity contribution in [2.45, 2.75) is 32.2 Å². The van der Waals surface area contributed by atoms with Crippen molar-refractivity contribution in [2.24, 2.45) is 11.7 Å². The van der Waals surface area contributed by atoms with Crippen molar-refractivity contribution in [1.82, 2.24) is 10.3 Å². The van der Waals surface area contributed by atoms with E-state index in [0.717, 1.165) is 40.8 Å². The fourth-order valence-electron chi connectivity index (χ4n) is 5.24. The highest BCUT2D eigenvalue weighted by atomic mass is 32.1. The van der Waals surface area contributed by atoms with E-state index in [9.17, 15) is 19.5 Å². The van der Waals surface area contributed by atoms with Crippen LogP contribution in [0.4, 0.5) is 5.69 Å². The minimum atomic E-state index is -1.31. The number of rotatable bonds is 8. The number of benzene rings is 2. The smallest absolute Gasteiger partial charge is 0.355 e. The predicted octanol–water partition coefficient (Wildman–Crippen LogP) is 5.35. The van der Waals surface area contributed by atoms with E-state index in [0.29, 0.717) is 49.0 Å². The number of hydrogen-bond donors (Lipinski definition) is 4. The van der Waals surface area contributed by atoms with Crippen molar-refractivity contribution in [3.63, 3.8) is 0 Å². The van der Waals surface area contributed by atoms with E-state index < -0.39 is 17.8 Å². The minimum absolute atomic E-state index is 0.00991. The molecule has 10 heteroatoms. The summed E-state index contributed by atoms with van der Waals surface area (Å²) in [5.74, 6) is -1.16. The number of pyridine rings is 1. The molecule has 0 spiro atoms. The number of hydrogen-bond acceptors (Lipinski definition) is 7. The van der Waals surface area contributed by atoms with Crippen LogP contribution in [0.25, 0.3) is 21.6 Å². The Labute approximate surface area is 246 Å². The van der Waals surface area contributed by atoms with Gasteiger partial charge in [0.2, 0.25) is 0 Å². The molecule has 214 valence electrons. The minimum Gasteiger partial charge on any atom is -0.493 e. The number of fused-ring (bicyclic) bond motifs is 3. The first-order chi connectivity index (χ1) is 20.4. The average Bonchev–Trinajstić information content (AvgIpc) is 3.37. The Bertz CT molecular complexity index is 1680. The number of amides is 2. The van der Waals surface area contributed by atoms with Crippen molar-refractivity contribution < 1.29 is 24.2 Å². The maximum Gasteiger partial charge on any atom is 0.355 e. The molecular formula is C32H30N4O5S. The number of nitrogens with one attached hydrogen (secondary N) is 2. The number of carbonyl (C=O) groups excluding carboxylic acids is 2. The Balaban J connectivity index is 1.43. The van der Waals surface area contributed by atoms with Crippen LogP contribution in [0.2, 0.25) is 0 Å². The quantitative estimate of drug-likeness (QED) is 0.219. The largest absolute Gasteiger partial charge is 0.493 e. The standard InChI is InChI=1S/C32H30N4O5S/c33-16-18-4-6-21(7-5-18)35-30(37)24-14-25-27(41-12-10-20-11-13-42-29(20)25)15-23(24)22-8-9-26(36-28(22)32(39)40)31(38)34-17-19-2-1-3-19/h4-9,11,13-15,19H,1-3,10,12,16-17,33H2,(H,34,38)(H,35,37)(H,39,40). The van der Waals surface area contributed by atoms with Crippen LogP contribution in [0.5, 0.6) is 5.75 Å². The van der Waals surface area contributed by atoms with Crippen LogP contribution in [0, 0.1) is 5.92 Å². The van der Waals surface area contributed by atoms with Gasteiger partial charge in [0.05, 0.1) is 6.61 Å². The van der Waals surface area contributed by atoms with Crippen LogP contribution in [-0.4, -0.2) is 41.0 Å². The fraction of sp³-hybridized carbons (Fsp3) is 0.250. The zero-order valence-electron chi connectivity index (χ0n) is 22.8. The number of thiophene rings is 1. The van der Waals surface area contributed by atoms with Crippen LogP contribution in [0.1, 0.15) is 61.7 Å². The van der Waals surface area contributed by atoms with Gasteiger partial charge in [-0.1, -0.05) is 18.6 Å². The Hall–Kier alpha value is -4.54. The SMILES string of the molecule is NCc1ccc(NC(=O)c2cc3c(cc2-c2ccc(C(=O)NCC4CCC4)nc2C(=O)O)OCCc2ccsc2-3)cc1. The number of anilines is 1. The van der Waals surface area contributed by atoms with Crippen LogP contribution in [-0.2, 0) is 13.0 Å². The molecule has 3 heterocycles. The second-order valence-corrected chi connectivity index (χ2v) is 11.4. The van der Waals surface area contributed by atoms with E-state index in [1.54, 1.807) is 35.6 Å². The monoisotopic (exact) mass is 582 g/mol. The number of aromatic nitrogens is 1. The lowest BCUT2D eigenvalue weighted by Gasteiger charge is -2.25. The van der Waals surface area contributed by atoms with Gasteiger partial charge in [0.25, 0.3) is 11.8 Å². The second kappa shape index (κ2) is 11.8. The average molecular weight is 583 g/mol. The Morgan fingerprint density at radius 2 is 1.81 bits per heavy atom. The molecule has 4 aromatic rings. The summed E-state index contributed by atoms with van der Waals surface area (Å²) in [4.78, 5) is 44.3. The summed E-state index contributed by atoms with van der Waals surface area (Å²) in [6, 6.07) is 15.7. The molecule has 1 aliphatic carbocycles. The summed E-state index contributed by atoms with van der Waals surface area (Å²) in [6.45, 7) is 1.36. The van der Waals surface area contributed by atoms with Gasteiger partial charge in [0, 0.05) is 52.3 Å². The molecule has 5 N–H and O–H groups in total. The van der Waals surface area contributed by atoms with E-state index in [-0.39, 0.29) is 22.5 Å². The Morgan fingerprint density at radius 3 is 2.52 bits per heavy atom. The molecule has 1 fully saturated rings. The third-order valence-electron chi connectivity index (χ3n) is 7.83. The molecular weight excluding hydrogens is 552 g/mol. The Morgan fingerprint density at radius 1 is 1.00 bits per heavy atom. The highest BCUT2D eigenvalue weighted by Crippen LogP contribution is 2.43. The summed E-state index contributed by atoms with van der Waals surface area (Å²) in [5.41, 5.74) is 9.60. The maximum atomic E-state index is 13.8. The number of nitrogens with two attached hydrogens (primary N) is 1. The first-order valence-electron chi connectivity index (χ1n) is 13.9. The third kappa shape index (κ3) is 5.50. The molecule has 0 bridgehead atoms. The second-order valence-electron chi connectivity index (χ2n) is 10.5. The van der Waals surface area contributed by atoms with Gasteiger partial charge >= 0.3 is 5.97 Å². The molecule has 2 amide bonds. The molecule has 0 atom stereocenters. The lowest BCUT2D eigenvalue weighted by molar-refractivity contribution is 0.0691. The van der Waals surface area contributed by atoms with Crippen LogP contribution in [0.15, 0.2) is 60.0 Å². The number of ether oxygens (including phenoxy) is 1. The highest BCUT2D eigenvalue weighted by Gasteiger charge is 2.27. The molecule has 0 saturated heterocycles. The van der Waals surface area contributed by atoms with E-state index in [2.05, 4.69) is 15.6 Å². The lowest BCUT2D eigenvalue weighted by atomic mass is 9.85. The van der Waals surface area contributed by atoms with E-state index in [1.807, 2.05) is 23.6 Å². The fourth-order valence-corrected chi connectivity index (χ4v) is 6.22. The zero-order valence-corrected chi connectivity index (χ0v) is 23.6. The van der Waals surface area contributed by atoms with E-state index >= 15 is 0 Å². The molecule has 2 aliphatic rings. The molecule has 42 heavy (non-hydrogen) atoms. The molecule has 9 nitrogen and oxygen atoms in total. The van der Waals surface area contributed by atoms with Gasteiger partial charge in [-0.05, 0) is 77.7 Å².